The minimum Gasteiger partial charge on any atom is -0.444 e. The SMILES string of the molecule is Cc1nccc(C(C)C)c1-n1c(=O)nc(N2CCN(C(=O)OC(C)(C)C)C[C@@H]2C)c2cc(F)c(Cl)nc21. The van der Waals surface area contributed by atoms with E-state index in [1.807, 2.05) is 52.5 Å². The van der Waals surface area contributed by atoms with Gasteiger partial charge in [0.2, 0.25) is 0 Å². The van der Waals surface area contributed by atoms with Crippen molar-refractivity contribution in [3.8, 4) is 5.69 Å². The number of hydrogen-bond donors (Lipinski definition) is 0. The molecule has 4 rings (SSSR count). The number of aryl methyl sites for hydroxylation is 1. The minimum absolute atomic E-state index is 0.0789. The van der Waals surface area contributed by atoms with Crippen LogP contribution >= 0.6 is 11.6 Å². The molecule has 0 spiro atoms. The molecule has 0 unspecified atom stereocenters. The van der Waals surface area contributed by atoms with Gasteiger partial charge in [-0.1, -0.05) is 25.4 Å². The zero-order valence-corrected chi connectivity index (χ0v) is 22.9. The average molecular weight is 531 g/mol. The maximum atomic E-state index is 14.7. The molecule has 3 aromatic rings. The highest BCUT2D eigenvalue weighted by Gasteiger charge is 2.32. The molecule has 1 saturated heterocycles. The van der Waals surface area contributed by atoms with Crippen LogP contribution in [0.3, 0.4) is 0 Å². The van der Waals surface area contributed by atoms with Gasteiger partial charge in [-0.05, 0) is 58.2 Å². The molecule has 198 valence electrons. The molecule has 1 aliphatic rings. The van der Waals surface area contributed by atoms with Crippen LogP contribution in [0.15, 0.2) is 23.1 Å². The number of nitrogens with zero attached hydrogens (tertiary/aromatic N) is 6. The summed E-state index contributed by atoms with van der Waals surface area (Å²) in [4.78, 5) is 42.8. The van der Waals surface area contributed by atoms with Gasteiger partial charge in [0.25, 0.3) is 0 Å². The molecular formula is C26H32ClFN6O3. The number of ether oxygens (including phenoxy) is 1. The number of carbonyl (C=O) groups excluding carboxylic acids is 1. The molecular weight excluding hydrogens is 499 g/mol. The van der Waals surface area contributed by atoms with Crippen LogP contribution in [0.5, 0.6) is 0 Å². The Labute approximate surface area is 220 Å². The molecule has 0 aromatic carbocycles. The fourth-order valence-corrected chi connectivity index (χ4v) is 4.74. The van der Waals surface area contributed by atoms with E-state index in [0.29, 0.717) is 42.2 Å². The van der Waals surface area contributed by atoms with Gasteiger partial charge in [0.15, 0.2) is 16.6 Å². The Hall–Kier alpha value is -3.27. The molecule has 1 amide bonds. The molecule has 9 nitrogen and oxygen atoms in total. The first-order chi connectivity index (χ1) is 17.3. The normalized spacial score (nSPS) is 16.5. The van der Waals surface area contributed by atoms with Gasteiger partial charge in [-0.15, -0.1) is 0 Å². The van der Waals surface area contributed by atoms with Crippen molar-refractivity contribution in [2.24, 2.45) is 0 Å². The van der Waals surface area contributed by atoms with E-state index >= 15 is 0 Å². The van der Waals surface area contributed by atoms with Crippen LogP contribution in [0.2, 0.25) is 5.15 Å². The topological polar surface area (TPSA) is 93.5 Å². The number of fused-ring (bicyclic) bond motifs is 1. The third-order valence-corrected chi connectivity index (χ3v) is 6.56. The van der Waals surface area contributed by atoms with Gasteiger partial charge in [0.1, 0.15) is 11.4 Å². The number of amides is 1. The van der Waals surface area contributed by atoms with Crippen LogP contribution in [0.4, 0.5) is 15.0 Å². The number of pyridine rings is 2. The third kappa shape index (κ3) is 5.25. The second-order valence-electron chi connectivity index (χ2n) is 10.6. The maximum Gasteiger partial charge on any atom is 0.410 e. The highest BCUT2D eigenvalue weighted by Crippen LogP contribution is 2.32. The second-order valence-corrected chi connectivity index (χ2v) is 11.0. The first-order valence-corrected chi connectivity index (χ1v) is 12.7. The Morgan fingerprint density at radius 1 is 1.24 bits per heavy atom. The van der Waals surface area contributed by atoms with Gasteiger partial charge >= 0.3 is 11.8 Å². The first kappa shape index (κ1) is 26.8. The molecule has 0 N–H and O–H groups in total. The molecule has 0 saturated carbocycles. The van der Waals surface area contributed by atoms with Crippen molar-refractivity contribution < 1.29 is 13.9 Å². The minimum atomic E-state index is -0.713. The monoisotopic (exact) mass is 530 g/mol. The van der Waals surface area contributed by atoms with Crippen LogP contribution < -0.4 is 10.6 Å². The Bertz CT molecular complexity index is 1420. The largest absolute Gasteiger partial charge is 0.444 e. The van der Waals surface area contributed by atoms with E-state index in [0.717, 1.165) is 5.56 Å². The summed E-state index contributed by atoms with van der Waals surface area (Å²) in [5.41, 5.74) is 1.07. The number of hydrogen-bond acceptors (Lipinski definition) is 7. The number of aromatic nitrogens is 4. The van der Waals surface area contributed by atoms with Crippen LogP contribution in [0, 0.1) is 12.7 Å². The van der Waals surface area contributed by atoms with Gasteiger partial charge in [-0.25, -0.2) is 23.5 Å². The second kappa shape index (κ2) is 9.89. The van der Waals surface area contributed by atoms with E-state index in [1.54, 1.807) is 18.0 Å². The lowest BCUT2D eigenvalue weighted by Gasteiger charge is -2.41. The van der Waals surface area contributed by atoms with Crippen molar-refractivity contribution in [1.82, 2.24) is 24.4 Å². The van der Waals surface area contributed by atoms with Crippen molar-refractivity contribution >= 4 is 34.5 Å². The number of halogens is 2. The summed E-state index contributed by atoms with van der Waals surface area (Å²) in [6.07, 6.45) is 1.29. The van der Waals surface area contributed by atoms with Crippen molar-refractivity contribution in [3.05, 3.63) is 51.0 Å². The van der Waals surface area contributed by atoms with Gasteiger partial charge in [0.05, 0.1) is 16.8 Å². The molecule has 0 bridgehead atoms. The predicted octanol–water partition coefficient (Wildman–Crippen LogP) is 4.85. The van der Waals surface area contributed by atoms with Gasteiger partial charge in [-0.2, -0.15) is 4.98 Å². The van der Waals surface area contributed by atoms with Crippen molar-refractivity contribution in [2.75, 3.05) is 24.5 Å². The predicted molar refractivity (Wildman–Crippen MR) is 141 cm³/mol. The van der Waals surface area contributed by atoms with E-state index in [4.69, 9.17) is 16.3 Å². The van der Waals surface area contributed by atoms with Gasteiger partial charge < -0.3 is 14.5 Å². The summed E-state index contributed by atoms with van der Waals surface area (Å²) in [7, 11) is 0. The summed E-state index contributed by atoms with van der Waals surface area (Å²) in [5.74, 6) is -0.340. The smallest absolute Gasteiger partial charge is 0.410 e. The highest BCUT2D eigenvalue weighted by atomic mass is 35.5. The number of anilines is 1. The number of piperazine rings is 1. The summed E-state index contributed by atoms with van der Waals surface area (Å²) in [5, 5.41) is 0.00487. The average Bonchev–Trinajstić information content (AvgIpc) is 2.79. The van der Waals surface area contributed by atoms with Crippen molar-refractivity contribution in [2.45, 2.75) is 66.0 Å². The van der Waals surface area contributed by atoms with E-state index in [-0.39, 0.29) is 22.8 Å². The Kier molecular flexibility index (Phi) is 7.16. The molecule has 1 fully saturated rings. The molecule has 1 aliphatic heterocycles. The maximum absolute atomic E-state index is 14.7. The number of rotatable bonds is 3. The first-order valence-electron chi connectivity index (χ1n) is 12.3. The summed E-state index contributed by atoms with van der Waals surface area (Å²) in [6, 6.07) is 2.89. The van der Waals surface area contributed by atoms with Crippen molar-refractivity contribution in [1.29, 1.82) is 0 Å². The quantitative estimate of drug-likeness (QED) is 0.447. The fraction of sp³-hybridized carbons (Fsp3) is 0.500. The fourth-order valence-electron chi connectivity index (χ4n) is 4.60. The van der Waals surface area contributed by atoms with Crippen LogP contribution in [0.25, 0.3) is 16.7 Å². The molecule has 1 atom stereocenters. The van der Waals surface area contributed by atoms with E-state index < -0.39 is 23.2 Å². The summed E-state index contributed by atoms with van der Waals surface area (Å²) < 4.78 is 21.6. The van der Waals surface area contributed by atoms with Gasteiger partial charge in [0, 0.05) is 31.9 Å². The standard InChI is InChI=1S/C26H32ClFN6O3/c1-14(2)17-8-9-29-16(4)20(17)34-23-18(12-19(28)21(27)30-23)22(31-24(34)35)33-11-10-32(13-15(33)3)25(36)37-26(5,6)7/h8-9,12,14-15H,10-11,13H2,1-7H3/t15-/m0/s1. The Morgan fingerprint density at radius 2 is 1.95 bits per heavy atom. The molecule has 4 heterocycles. The number of carbonyl (C=O) groups is 1. The molecule has 0 radical (unpaired) electrons. The van der Waals surface area contributed by atoms with Crippen LogP contribution in [-0.2, 0) is 4.74 Å². The van der Waals surface area contributed by atoms with E-state index in [9.17, 15) is 14.0 Å². The Morgan fingerprint density at radius 3 is 2.57 bits per heavy atom. The lowest BCUT2D eigenvalue weighted by atomic mass is 10.0. The molecule has 37 heavy (non-hydrogen) atoms. The van der Waals surface area contributed by atoms with Gasteiger partial charge in [-0.3, -0.25) is 4.98 Å². The highest BCUT2D eigenvalue weighted by molar-refractivity contribution is 6.30. The lowest BCUT2D eigenvalue weighted by molar-refractivity contribution is 0.0218. The lowest BCUT2D eigenvalue weighted by Crippen LogP contribution is -2.55. The third-order valence-electron chi connectivity index (χ3n) is 6.29. The van der Waals surface area contributed by atoms with Crippen molar-refractivity contribution in [3.63, 3.8) is 0 Å². The molecule has 0 aliphatic carbocycles. The summed E-state index contributed by atoms with van der Waals surface area (Å²) in [6.45, 7) is 14.3. The van der Waals surface area contributed by atoms with E-state index in [2.05, 4.69) is 15.0 Å². The van der Waals surface area contributed by atoms with E-state index in [1.165, 1.54) is 10.6 Å². The zero-order valence-electron chi connectivity index (χ0n) is 22.2. The molecule has 11 heteroatoms. The zero-order chi connectivity index (χ0) is 27.2. The summed E-state index contributed by atoms with van der Waals surface area (Å²) >= 11 is 6.11. The van der Waals surface area contributed by atoms with Crippen LogP contribution in [-0.4, -0.2) is 61.8 Å². The van der Waals surface area contributed by atoms with Crippen LogP contribution in [0.1, 0.15) is 58.7 Å². The molecule has 3 aromatic heterocycles. The Balaban J connectivity index is 1.85.